The van der Waals surface area contributed by atoms with Crippen molar-refractivity contribution < 1.29 is 9.53 Å². The SMILES string of the molecule is C=CCn1c2ccccc2c2nnc(S[C@@H](C)C(=O)OCC)nc21. The van der Waals surface area contributed by atoms with Crippen LogP contribution in [0.1, 0.15) is 13.8 Å². The summed E-state index contributed by atoms with van der Waals surface area (Å²) in [5.74, 6) is -0.280. The number of nitrogens with zero attached hydrogens (tertiary/aromatic N) is 4. The van der Waals surface area contributed by atoms with Crippen molar-refractivity contribution in [1.82, 2.24) is 19.7 Å². The lowest BCUT2D eigenvalue weighted by atomic mass is 10.2. The van der Waals surface area contributed by atoms with E-state index in [1.54, 1.807) is 13.8 Å². The van der Waals surface area contributed by atoms with E-state index >= 15 is 0 Å². The Balaban J connectivity index is 2.04. The number of aromatic nitrogens is 4. The maximum absolute atomic E-state index is 11.8. The number of fused-ring (bicyclic) bond motifs is 3. The molecule has 24 heavy (non-hydrogen) atoms. The lowest BCUT2D eigenvalue weighted by molar-refractivity contribution is -0.142. The topological polar surface area (TPSA) is 69.9 Å². The summed E-state index contributed by atoms with van der Waals surface area (Å²) in [6.45, 7) is 8.35. The Morgan fingerprint density at radius 2 is 2.21 bits per heavy atom. The van der Waals surface area contributed by atoms with Gasteiger partial charge in [0, 0.05) is 11.9 Å². The van der Waals surface area contributed by atoms with Gasteiger partial charge in [0.25, 0.3) is 0 Å². The molecule has 0 spiro atoms. The standard InChI is InChI=1S/C17H18N4O2S/c1-4-10-21-13-9-7-6-8-12(13)14-15(21)18-17(20-19-14)24-11(3)16(22)23-5-2/h4,6-9,11H,1,5,10H2,2-3H3/t11-/m0/s1. The first-order valence-electron chi connectivity index (χ1n) is 7.71. The van der Waals surface area contributed by atoms with Crippen LogP contribution in [0.4, 0.5) is 0 Å². The number of thioether (sulfide) groups is 1. The van der Waals surface area contributed by atoms with Crippen LogP contribution in [0, 0.1) is 0 Å². The molecular weight excluding hydrogens is 324 g/mol. The zero-order valence-electron chi connectivity index (χ0n) is 13.6. The van der Waals surface area contributed by atoms with Crippen LogP contribution in [-0.4, -0.2) is 37.6 Å². The predicted molar refractivity (Wildman–Crippen MR) is 95.0 cm³/mol. The van der Waals surface area contributed by atoms with Crippen molar-refractivity contribution in [3.05, 3.63) is 36.9 Å². The Labute approximate surface area is 143 Å². The van der Waals surface area contributed by atoms with Gasteiger partial charge in [0.2, 0.25) is 5.16 Å². The molecule has 0 amide bonds. The summed E-state index contributed by atoms with van der Waals surface area (Å²) in [7, 11) is 0. The Morgan fingerprint density at radius 1 is 1.42 bits per heavy atom. The monoisotopic (exact) mass is 342 g/mol. The van der Waals surface area contributed by atoms with E-state index in [-0.39, 0.29) is 11.2 Å². The summed E-state index contributed by atoms with van der Waals surface area (Å²) in [5.41, 5.74) is 2.53. The molecule has 1 atom stereocenters. The minimum Gasteiger partial charge on any atom is -0.465 e. The summed E-state index contributed by atoms with van der Waals surface area (Å²) in [4.78, 5) is 16.4. The van der Waals surface area contributed by atoms with Gasteiger partial charge in [-0.1, -0.05) is 36.0 Å². The molecule has 3 rings (SSSR count). The number of benzene rings is 1. The predicted octanol–water partition coefficient (Wildman–Crippen LogP) is 3.21. The third-order valence-electron chi connectivity index (χ3n) is 3.57. The third kappa shape index (κ3) is 2.99. The Kier molecular flexibility index (Phi) is 4.80. The fourth-order valence-corrected chi connectivity index (χ4v) is 3.23. The first-order chi connectivity index (χ1) is 11.7. The number of hydrogen-bond acceptors (Lipinski definition) is 6. The highest BCUT2D eigenvalue weighted by molar-refractivity contribution is 8.00. The van der Waals surface area contributed by atoms with Gasteiger partial charge in [-0.3, -0.25) is 4.79 Å². The van der Waals surface area contributed by atoms with E-state index < -0.39 is 0 Å². The molecule has 3 aromatic rings. The summed E-state index contributed by atoms with van der Waals surface area (Å²) in [5, 5.41) is 9.57. The van der Waals surface area contributed by atoms with Gasteiger partial charge in [0.1, 0.15) is 10.8 Å². The highest BCUT2D eigenvalue weighted by atomic mass is 32.2. The van der Waals surface area contributed by atoms with Crippen molar-refractivity contribution in [2.24, 2.45) is 0 Å². The Morgan fingerprint density at radius 3 is 2.96 bits per heavy atom. The molecule has 0 aliphatic heterocycles. The minimum atomic E-state index is -0.388. The number of ether oxygens (including phenoxy) is 1. The minimum absolute atomic E-state index is 0.280. The van der Waals surface area contributed by atoms with E-state index in [0.717, 1.165) is 22.1 Å². The van der Waals surface area contributed by atoms with E-state index in [1.165, 1.54) is 11.8 Å². The van der Waals surface area contributed by atoms with Crippen LogP contribution >= 0.6 is 11.8 Å². The molecule has 2 aromatic heterocycles. The molecule has 0 aliphatic rings. The molecule has 0 N–H and O–H groups in total. The zero-order chi connectivity index (χ0) is 17.1. The van der Waals surface area contributed by atoms with Crippen molar-refractivity contribution in [2.45, 2.75) is 30.8 Å². The number of carbonyl (C=O) groups excluding carboxylic acids is 1. The average Bonchev–Trinajstić information content (AvgIpc) is 2.89. The molecule has 0 unspecified atom stereocenters. The van der Waals surface area contributed by atoms with Crippen molar-refractivity contribution in [2.75, 3.05) is 6.61 Å². The molecule has 2 heterocycles. The van der Waals surface area contributed by atoms with Crippen LogP contribution in [0.5, 0.6) is 0 Å². The molecule has 7 heteroatoms. The van der Waals surface area contributed by atoms with E-state index in [9.17, 15) is 4.79 Å². The van der Waals surface area contributed by atoms with Gasteiger partial charge in [-0.15, -0.1) is 16.8 Å². The van der Waals surface area contributed by atoms with Crippen LogP contribution in [0.25, 0.3) is 22.1 Å². The molecule has 0 fully saturated rings. The van der Waals surface area contributed by atoms with Crippen LogP contribution in [0.3, 0.4) is 0 Å². The second-order valence-corrected chi connectivity index (χ2v) is 6.50. The van der Waals surface area contributed by atoms with Crippen molar-refractivity contribution in [1.29, 1.82) is 0 Å². The summed E-state index contributed by atoms with van der Waals surface area (Å²) < 4.78 is 7.07. The van der Waals surface area contributed by atoms with Crippen LogP contribution in [0.15, 0.2) is 42.1 Å². The number of allylic oxidation sites excluding steroid dienone is 1. The van der Waals surface area contributed by atoms with Crippen molar-refractivity contribution >= 4 is 39.8 Å². The van der Waals surface area contributed by atoms with Gasteiger partial charge < -0.3 is 9.30 Å². The smallest absolute Gasteiger partial charge is 0.319 e. The number of rotatable bonds is 6. The van der Waals surface area contributed by atoms with Gasteiger partial charge in [0.15, 0.2) is 5.65 Å². The highest BCUT2D eigenvalue weighted by Gasteiger charge is 2.19. The largest absolute Gasteiger partial charge is 0.465 e. The van der Waals surface area contributed by atoms with Crippen molar-refractivity contribution in [3.8, 4) is 0 Å². The van der Waals surface area contributed by atoms with Gasteiger partial charge in [-0.05, 0) is 19.9 Å². The van der Waals surface area contributed by atoms with Crippen molar-refractivity contribution in [3.63, 3.8) is 0 Å². The van der Waals surface area contributed by atoms with Crippen LogP contribution in [-0.2, 0) is 16.1 Å². The first-order valence-corrected chi connectivity index (χ1v) is 8.59. The second-order valence-electron chi connectivity index (χ2n) is 5.20. The fourth-order valence-electron chi connectivity index (χ4n) is 2.52. The zero-order valence-corrected chi connectivity index (χ0v) is 14.4. The fraction of sp³-hybridized carbons (Fsp3) is 0.294. The molecule has 6 nitrogen and oxygen atoms in total. The Hall–Kier alpha value is -2.41. The van der Waals surface area contributed by atoms with E-state index in [4.69, 9.17) is 4.74 Å². The molecule has 0 saturated carbocycles. The lowest BCUT2D eigenvalue weighted by Crippen LogP contribution is -2.17. The van der Waals surface area contributed by atoms with E-state index in [1.807, 2.05) is 34.9 Å². The van der Waals surface area contributed by atoms with E-state index in [0.29, 0.717) is 18.3 Å². The lowest BCUT2D eigenvalue weighted by Gasteiger charge is -2.08. The normalized spacial score (nSPS) is 12.4. The molecule has 0 saturated heterocycles. The van der Waals surface area contributed by atoms with E-state index in [2.05, 4.69) is 21.8 Å². The maximum atomic E-state index is 11.8. The van der Waals surface area contributed by atoms with Gasteiger partial charge in [-0.2, -0.15) is 0 Å². The summed E-state index contributed by atoms with van der Waals surface area (Å²) in [6, 6.07) is 7.97. The maximum Gasteiger partial charge on any atom is 0.319 e. The van der Waals surface area contributed by atoms with Gasteiger partial charge in [-0.25, -0.2) is 4.98 Å². The average molecular weight is 342 g/mol. The summed E-state index contributed by atoms with van der Waals surface area (Å²) >= 11 is 1.24. The van der Waals surface area contributed by atoms with Crippen LogP contribution in [0.2, 0.25) is 0 Å². The quantitative estimate of drug-likeness (QED) is 0.389. The highest BCUT2D eigenvalue weighted by Crippen LogP contribution is 2.28. The molecule has 124 valence electrons. The van der Waals surface area contributed by atoms with Gasteiger partial charge in [0.05, 0.1) is 12.1 Å². The molecule has 0 bridgehead atoms. The molecule has 0 radical (unpaired) electrons. The second kappa shape index (κ2) is 7.00. The molecule has 0 aliphatic carbocycles. The molecular formula is C17H18N4O2S. The molecule has 1 aromatic carbocycles. The van der Waals surface area contributed by atoms with Crippen LogP contribution < -0.4 is 0 Å². The first kappa shape index (κ1) is 16.4. The summed E-state index contributed by atoms with van der Waals surface area (Å²) in [6.07, 6.45) is 1.82. The Bertz CT molecular complexity index is 906. The third-order valence-corrected chi connectivity index (χ3v) is 4.50. The van der Waals surface area contributed by atoms with Gasteiger partial charge >= 0.3 is 5.97 Å². The number of carbonyl (C=O) groups is 1. The number of esters is 1. The number of para-hydroxylation sites is 1. The number of hydrogen-bond donors (Lipinski definition) is 0.